The molecule has 1 aromatic rings. The van der Waals surface area contributed by atoms with Crippen LogP contribution in [0.25, 0.3) is 0 Å². The van der Waals surface area contributed by atoms with Gasteiger partial charge in [-0.25, -0.2) is 0 Å². The Morgan fingerprint density at radius 1 is 1.41 bits per heavy atom. The fourth-order valence-corrected chi connectivity index (χ4v) is 3.29. The summed E-state index contributed by atoms with van der Waals surface area (Å²) in [6.07, 6.45) is 5.40. The third-order valence-corrected chi connectivity index (χ3v) is 4.35. The van der Waals surface area contributed by atoms with Gasteiger partial charge in [0.1, 0.15) is 0 Å². The van der Waals surface area contributed by atoms with Gasteiger partial charge in [-0.1, -0.05) is 0 Å². The lowest BCUT2D eigenvalue weighted by atomic mass is 9.96. The number of hydrogen-bond donors (Lipinski definition) is 2. The van der Waals surface area contributed by atoms with Crippen LogP contribution < -0.4 is 5.32 Å². The first-order valence-corrected chi connectivity index (χ1v) is 7.28. The molecule has 3 nitrogen and oxygen atoms in total. The van der Waals surface area contributed by atoms with E-state index in [2.05, 4.69) is 17.2 Å². The van der Waals surface area contributed by atoms with Gasteiger partial charge in [0.15, 0.2) is 0 Å². The minimum atomic E-state index is -0.507. The average molecular weight is 252 g/mol. The number of nitrogens with zero attached hydrogens (tertiary/aromatic N) is 1. The number of hydrogen-bond acceptors (Lipinski definition) is 4. The highest BCUT2D eigenvalue weighted by atomic mass is 32.2. The highest BCUT2D eigenvalue weighted by Crippen LogP contribution is 2.26. The summed E-state index contributed by atoms with van der Waals surface area (Å²) in [5.74, 6) is 2.14. The minimum Gasteiger partial charge on any atom is -0.389 e. The van der Waals surface area contributed by atoms with Crippen LogP contribution >= 0.6 is 11.8 Å². The van der Waals surface area contributed by atoms with Gasteiger partial charge >= 0.3 is 0 Å². The molecule has 4 heteroatoms. The van der Waals surface area contributed by atoms with Crippen molar-refractivity contribution in [3.63, 3.8) is 0 Å². The lowest BCUT2D eigenvalue weighted by Crippen LogP contribution is -2.44. The highest BCUT2D eigenvalue weighted by molar-refractivity contribution is 7.99. The third kappa shape index (κ3) is 3.69. The second kappa shape index (κ2) is 5.85. The van der Waals surface area contributed by atoms with E-state index in [1.165, 1.54) is 5.56 Å². The van der Waals surface area contributed by atoms with Crippen molar-refractivity contribution < 1.29 is 5.11 Å². The highest BCUT2D eigenvalue weighted by Gasteiger charge is 2.29. The van der Waals surface area contributed by atoms with Gasteiger partial charge in [-0.15, -0.1) is 0 Å². The summed E-state index contributed by atoms with van der Waals surface area (Å²) >= 11 is 1.93. The standard InChI is InChI=1S/C13H20N2OS/c1-11(12-2-6-14-7-3-12)15-10-13(16)4-8-17-9-5-13/h2-3,6-7,11,15-16H,4-5,8-10H2,1H3. The SMILES string of the molecule is CC(NCC1(O)CCSCC1)c1ccncc1. The largest absolute Gasteiger partial charge is 0.389 e. The first kappa shape index (κ1) is 12.9. The molecule has 0 spiro atoms. The smallest absolute Gasteiger partial charge is 0.0787 e. The summed E-state index contributed by atoms with van der Waals surface area (Å²) < 4.78 is 0. The topological polar surface area (TPSA) is 45.1 Å². The zero-order valence-corrected chi connectivity index (χ0v) is 11.0. The van der Waals surface area contributed by atoms with E-state index >= 15 is 0 Å². The van der Waals surface area contributed by atoms with E-state index in [1.54, 1.807) is 12.4 Å². The summed E-state index contributed by atoms with van der Waals surface area (Å²) in [7, 11) is 0. The van der Waals surface area contributed by atoms with Crippen molar-refractivity contribution in [3.05, 3.63) is 30.1 Å². The Morgan fingerprint density at radius 2 is 2.06 bits per heavy atom. The number of aromatic nitrogens is 1. The Kier molecular flexibility index (Phi) is 4.42. The van der Waals surface area contributed by atoms with Crippen LogP contribution in [0.4, 0.5) is 0 Å². The van der Waals surface area contributed by atoms with E-state index in [0.29, 0.717) is 6.54 Å². The lowest BCUT2D eigenvalue weighted by molar-refractivity contribution is 0.0300. The van der Waals surface area contributed by atoms with E-state index in [4.69, 9.17) is 0 Å². The first-order chi connectivity index (χ1) is 8.20. The van der Waals surface area contributed by atoms with E-state index in [9.17, 15) is 5.11 Å². The second-order valence-corrected chi connectivity index (χ2v) is 5.94. The summed E-state index contributed by atoms with van der Waals surface area (Å²) in [6.45, 7) is 2.80. The van der Waals surface area contributed by atoms with Crippen LogP contribution in [-0.4, -0.2) is 33.7 Å². The van der Waals surface area contributed by atoms with Crippen LogP contribution in [0.3, 0.4) is 0 Å². The van der Waals surface area contributed by atoms with Gasteiger partial charge in [-0.2, -0.15) is 11.8 Å². The number of thioether (sulfide) groups is 1. The van der Waals surface area contributed by atoms with Gasteiger partial charge in [0.25, 0.3) is 0 Å². The van der Waals surface area contributed by atoms with Crippen LogP contribution in [0.1, 0.15) is 31.4 Å². The number of pyridine rings is 1. The number of aliphatic hydroxyl groups is 1. The minimum absolute atomic E-state index is 0.261. The van der Waals surface area contributed by atoms with Crippen LogP contribution in [0.5, 0.6) is 0 Å². The predicted molar refractivity (Wildman–Crippen MR) is 72.2 cm³/mol. The molecule has 1 aliphatic heterocycles. The first-order valence-electron chi connectivity index (χ1n) is 6.13. The molecule has 2 heterocycles. The molecule has 1 atom stereocenters. The van der Waals surface area contributed by atoms with Crippen molar-refractivity contribution in [1.82, 2.24) is 10.3 Å². The molecule has 2 N–H and O–H groups in total. The van der Waals surface area contributed by atoms with Crippen LogP contribution in [0.15, 0.2) is 24.5 Å². The molecule has 1 fully saturated rings. The molecular weight excluding hydrogens is 232 g/mol. The van der Waals surface area contributed by atoms with Crippen molar-refractivity contribution in [2.45, 2.75) is 31.4 Å². The van der Waals surface area contributed by atoms with Gasteiger partial charge in [0.05, 0.1) is 5.60 Å². The van der Waals surface area contributed by atoms with E-state index < -0.39 is 5.60 Å². The van der Waals surface area contributed by atoms with Gasteiger partial charge < -0.3 is 10.4 Å². The fourth-order valence-electron chi connectivity index (χ4n) is 2.04. The van der Waals surface area contributed by atoms with Crippen molar-refractivity contribution in [2.75, 3.05) is 18.1 Å². The Labute approximate surface area is 107 Å². The van der Waals surface area contributed by atoms with Crippen LogP contribution in [0.2, 0.25) is 0 Å². The maximum absolute atomic E-state index is 10.4. The quantitative estimate of drug-likeness (QED) is 0.860. The Balaban J connectivity index is 1.85. The normalized spacial score (nSPS) is 21.1. The van der Waals surface area contributed by atoms with Gasteiger partial charge in [-0.3, -0.25) is 4.98 Å². The zero-order chi connectivity index (χ0) is 12.1. The van der Waals surface area contributed by atoms with Crippen molar-refractivity contribution in [3.8, 4) is 0 Å². The molecule has 1 aromatic heterocycles. The summed E-state index contributed by atoms with van der Waals surface area (Å²) in [4.78, 5) is 4.01. The van der Waals surface area contributed by atoms with Crippen molar-refractivity contribution in [1.29, 1.82) is 0 Å². The molecule has 0 aliphatic carbocycles. The molecule has 1 unspecified atom stereocenters. The molecule has 94 valence electrons. The number of rotatable bonds is 4. The Morgan fingerprint density at radius 3 is 2.71 bits per heavy atom. The van der Waals surface area contributed by atoms with E-state index in [1.807, 2.05) is 23.9 Å². The summed E-state index contributed by atoms with van der Waals surface area (Å²) in [5.41, 5.74) is 0.709. The maximum Gasteiger partial charge on any atom is 0.0787 e. The predicted octanol–water partition coefficient (Wildman–Crippen LogP) is 1.99. The Hall–Kier alpha value is -0.580. The van der Waals surface area contributed by atoms with E-state index in [0.717, 1.165) is 24.3 Å². The fraction of sp³-hybridized carbons (Fsp3) is 0.615. The van der Waals surface area contributed by atoms with Gasteiger partial charge in [-0.05, 0) is 49.0 Å². The number of nitrogens with one attached hydrogen (secondary N) is 1. The molecule has 0 saturated carbocycles. The molecule has 2 rings (SSSR count). The second-order valence-electron chi connectivity index (χ2n) is 4.72. The van der Waals surface area contributed by atoms with Gasteiger partial charge in [0, 0.05) is 25.0 Å². The average Bonchev–Trinajstić information content (AvgIpc) is 2.38. The molecule has 17 heavy (non-hydrogen) atoms. The summed E-state index contributed by atoms with van der Waals surface area (Å²) in [6, 6.07) is 4.29. The molecule has 0 bridgehead atoms. The molecule has 0 amide bonds. The summed E-state index contributed by atoms with van der Waals surface area (Å²) in [5, 5.41) is 13.8. The Bertz CT molecular complexity index is 339. The molecule has 1 saturated heterocycles. The zero-order valence-electron chi connectivity index (χ0n) is 10.2. The van der Waals surface area contributed by atoms with Crippen LogP contribution in [-0.2, 0) is 0 Å². The third-order valence-electron chi connectivity index (χ3n) is 3.37. The molecule has 1 aliphatic rings. The maximum atomic E-state index is 10.4. The van der Waals surface area contributed by atoms with Crippen molar-refractivity contribution >= 4 is 11.8 Å². The van der Waals surface area contributed by atoms with Crippen molar-refractivity contribution in [2.24, 2.45) is 0 Å². The molecule has 0 aromatic carbocycles. The lowest BCUT2D eigenvalue weighted by Gasteiger charge is -2.33. The van der Waals surface area contributed by atoms with E-state index in [-0.39, 0.29) is 6.04 Å². The molecule has 0 radical (unpaired) electrons. The monoisotopic (exact) mass is 252 g/mol. The van der Waals surface area contributed by atoms with Gasteiger partial charge in [0.2, 0.25) is 0 Å². The molecular formula is C13H20N2OS. The van der Waals surface area contributed by atoms with Crippen LogP contribution in [0, 0.1) is 0 Å².